The summed E-state index contributed by atoms with van der Waals surface area (Å²) in [5.41, 5.74) is 0.746. The van der Waals surface area contributed by atoms with Gasteiger partial charge in [0, 0.05) is 19.5 Å². The Kier molecular flexibility index (Phi) is 2.42. The van der Waals surface area contributed by atoms with Crippen molar-refractivity contribution in [1.29, 1.82) is 0 Å². The highest BCUT2D eigenvalue weighted by Gasteiger charge is 2.40. The van der Waals surface area contributed by atoms with Crippen molar-refractivity contribution in [3.05, 3.63) is 5.56 Å². The van der Waals surface area contributed by atoms with E-state index in [0.29, 0.717) is 17.6 Å². The first-order valence-electron chi connectivity index (χ1n) is 7.00. The summed E-state index contributed by atoms with van der Waals surface area (Å²) >= 11 is 0. The number of piperidine rings is 1. The molecule has 4 heterocycles. The first-order valence-corrected chi connectivity index (χ1v) is 7.00. The minimum Gasteiger partial charge on any atom is -0.341 e. The summed E-state index contributed by atoms with van der Waals surface area (Å²) < 4.78 is 0. The van der Waals surface area contributed by atoms with Crippen LogP contribution in [-0.4, -0.2) is 34.9 Å². The Labute approximate surface area is 115 Å². The summed E-state index contributed by atoms with van der Waals surface area (Å²) in [6.07, 6.45) is 3.65. The van der Waals surface area contributed by atoms with Crippen LogP contribution in [-0.2, 0) is 9.59 Å². The predicted molar refractivity (Wildman–Crippen MR) is 72.7 cm³/mol. The zero-order chi connectivity index (χ0) is 13.7. The van der Waals surface area contributed by atoms with Crippen molar-refractivity contribution < 1.29 is 9.59 Å². The zero-order valence-corrected chi connectivity index (χ0v) is 11.0. The van der Waals surface area contributed by atoms with Crippen molar-refractivity contribution in [2.45, 2.75) is 31.6 Å². The van der Waals surface area contributed by atoms with Crippen LogP contribution in [0.15, 0.2) is 0 Å². The Morgan fingerprint density at radius 3 is 2.45 bits per heavy atom. The smallest absolute Gasteiger partial charge is 0.233 e. The maximum Gasteiger partial charge on any atom is 0.233 e. The number of carbonyl (C=O) groups excluding carboxylic acids is 2. The summed E-state index contributed by atoms with van der Waals surface area (Å²) in [7, 11) is 0. The number of amides is 2. The van der Waals surface area contributed by atoms with Crippen LogP contribution in [0.1, 0.15) is 37.2 Å². The van der Waals surface area contributed by atoms with Crippen LogP contribution in [0.4, 0.5) is 17.6 Å². The molecule has 4 rings (SSSR count). The van der Waals surface area contributed by atoms with Gasteiger partial charge in [0.2, 0.25) is 17.8 Å². The third-order valence-electron chi connectivity index (χ3n) is 4.13. The van der Waals surface area contributed by atoms with Crippen molar-refractivity contribution in [2.75, 3.05) is 28.6 Å². The summed E-state index contributed by atoms with van der Waals surface area (Å²) in [5, 5.41) is 5.53. The molecule has 0 radical (unpaired) electrons. The third kappa shape index (κ3) is 1.65. The van der Waals surface area contributed by atoms with E-state index in [1.807, 2.05) is 0 Å². The lowest BCUT2D eigenvalue weighted by Crippen LogP contribution is -2.32. The zero-order valence-electron chi connectivity index (χ0n) is 11.0. The largest absolute Gasteiger partial charge is 0.341 e. The molecule has 0 bridgehead atoms. The molecule has 2 amide bonds. The maximum absolute atomic E-state index is 11.9. The average molecular weight is 273 g/mol. The highest BCUT2D eigenvalue weighted by atomic mass is 16.2. The average Bonchev–Trinajstić information content (AvgIpc) is 2.77. The molecular weight excluding hydrogens is 258 g/mol. The van der Waals surface area contributed by atoms with Gasteiger partial charge < -0.3 is 15.5 Å². The summed E-state index contributed by atoms with van der Waals surface area (Å²) in [6.45, 7) is 1.84. The maximum atomic E-state index is 11.9. The third-order valence-corrected chi connectivity index (χ3v) is 4.13. The second-order valence-corrected chi connectivity index (χ2v) is 5.48. The highest BCUT2D eigenvalue weighted by molar-refractivity contribution is 6.10. The van der Waals surface area contributed by atoms with E-state index in [4.69, 9.17) is 0 Å². The van der Waals surface area contributed by atoms with E-state index in [-0.39, 0.29) is 18.2 Å². The van der Waals surface area contributed by atoms with Gasteiger partial charge >= 0.3 is 0 Å². The molecular formula is C13H15N5O2. The lowest BCUT2D eigenvalue weighted by molar-refractivity contribution is -0.122. The minimum atomic E-state index is -0.427. The molecule has 1 aromatic rings. The molecule has 1 atom stereocenters. The predicted octanol–water partition coefficient (Wildman–Crippen LogP) is 0.845. The van der Waals surface area contributed by atoms with Crippen molar-refractivity contribution in [1.82, 2.24) is 9.97 Å². The fourth-order valence-corrected chi connectivity index (χ4v) is 3.11. The number of hydrogen-bond donors (Lipinski definition) is 2. The van der Waals surface area contributed by atoms with Crippen molar-refractivity contribution in [3.8, 4) is 0 Å². The number of nitrogens with zero attached hydrogens (tertiary/aromatic N) is 3. The fraction of sp³-hybridized carbons (Fsp3) is 0.538. The van der Waals surface area contributed by atoms with Gasteiger partial charge in [0.1, 0.15) is 11.6 Å². The normalized spacial score (nSPS) is 24.2. The number of anilines is 3. The molecule has 20 heavy (non-hydrogen) atoms. The van der Waals surface area contributed by atoms with Crippen LogP contribution in [0.5, 0.6) is 0 Å². The highest BCUT2D eigenvalue weighted by Crippen LogP contribution is 2.41. The SMILES string of the molecule is O=C1CC2C(=O)Nc3nc(N4CCCCC4)nc(c32)N1. The number of carbonyl (C=O) groups is 2. The molecule has 7 nitrogen and oxygen atoms in total. The molecule has 1 saturated heterocycles. The van der Waals surface area contributed by atoms with Gasteiger partial charge in [-0.15, -0.1) is 0 Å². The Balaban J connectivity index is 1.78. The van der Waals surface area contributed by atoms with Crippen LogP contribution in [0.25, 0.3) is 0 Å². The van der Waals surface area contributed by atoms with Gasteiger partial charge in [-0.3, -0.25) is 9.59 Å². The lowest BCUT2D eigenvalue weighted by Gasteiger charge is -2.28. The van der Waals surface area contributed by atoms with Gasteiger partial charge in [0.05, 0.1) is 11.5 Å². The van der Waals surface area contributed by atoms with Crippen LogP contribution in [0.3, 0.4) is 0 Å². The quantitative estimate of drug-likeness (QED) is 0.792. The second-order valence-electron chi connectivity index (χ2n) is 5.48. The number of rotatable bonds is 1. The standard InChI is InChI=1S/C13H15N5O2/c19-8-6-7-9-10(14-8)16-13(17-11(9)15-12(7)20)18-4-2-1-3-5-18/h7H,1-6H2,(H2,14,15,16,17,19,20). The fourth-order valence-electron chi connectivity index (χ4n) is 3.11. The lowest BCUT2D eigenvalue weighted by atomic mass is 9.95. The first kappa shape index (κ1) is 11.6. The van der Waals surface area contributed by atoms with Gasteiger partial charge in [0.25, 0.3) is 0 Å². The van der Waals surface area contributed by atoms with Crippen LogP contribution < -0.4 is 15.5 Å². The summed E-state index contributed by atoms with van der Waals surface area (Å²) in [4.78, 5) is 34.6. The number of aromatic nitrogens is 2. The molecule has 1 aromatic heterocycles. The summed E-state index contributed by atoms with van der Waals surface area (Å²) in [6, 6.07) is 0. The molecule has 3 aliphatic rings. The topological polar surface area (TPSA) is 87.2 Å². The Bertz CT molecular complexity index is 609. The van der Waals surface area contributed by atoms with Crippen LogP contribution >= 0.6 is 0 Å². The van der Waals surface area contributed by atoms with Crippen molar-refractivity contribution in [3.63, 3.8) is 0 Å². The summed E-state index contributed by atoms with van der Waals surface area (Å²) in [5.74, 6) is 0.918. The molecule has 7 heteroatoms. The Hall–Kier alpha value is -2.18. The van der Waals surface area contributed by atoms with E-state index in [2.05, 4.69) is 25.5 Å². The molecule has 104 valence electrons. The number of nitrogens with one attached hydrogen (secondary N) is 2. The molecule has 0 saturated carbocycles. The van der Waals surface area contributed by atoms with E-state index in [0.717, 1.165) is 31.5 Å². The van der Waals surface area contributed by atoms with Gasteiger partial charge in [-0.25, -0.2) is 0 Å². The van der Waals surface area contributed by atoms with E-state index in [1.165, 1.54) is 6.42 Å². The molecule has 0 aliphatic carbocycles. The second kappa shape index (κ2) is 4.16. The van der Waals surface area contributed by atoms with Crippen LogP contribution in [0, 0.1) is 0 Å². The molecule has 0 aromatic carbocycles. The molecule has 3 aliphatic heterocycles. The molecule has 1 fully saturated rings. The molecule has 0 spiro atoms. The van der Waals surface area contributed by atoms with Crippen molar-refractivity contribution >= 4 is 29.4 Å². The Morgan fingerprint density at radius 2 is 1.70 bits per heavy atom. The van der Waals surface area contributed by atoms with Gasteiger partial charge in [0.15, 0.2) is 0 Å². The Morgan fingerprint density at radius 1 is 1.00 bits per heavy atom. The first-order chi connectivity index (χ1) is 9.72. The van der Waals surface area contributed by atoms with Gasteiger partial charge in [-0.05, 0) is 19.3 Å². The van der Waals surface area contributed by atoms with Crippen molar-refractivity contribution in [2.24, 2.45) is 0 Å². The van der Waals surface area contributed by atoms with E-state index >= 15 is 0 Å². The van der Waals surface area contributed by atoms with E-state index in [1.54, 1.807) is 0 Å². The molecule has 2 N–H and O–H groups in total. The van der Waals surface area contributed by atoms with Gasteiger partial charge in [-0.2, -0.15) is 9.97 Å². The van der Waals surface area contributed by atoms with E-state index in [9.17, 15) is 9.59 Å². The van der Waals surface area contributed by atoms with Gasteiger partial charge in [-0.1, -0.05) is 0 Å². The monoisotopic (exact) mass is 273 g/mol. The van der Waals surface area contributed by atoms with E-state index < -0.39 is 5.92 Å². The minimum absolute atomic E-state index is 0.152. The molecule has 1 unspecified atom stereocenters. The number of hydrogen-bond acceptors (Lipinski definition) is 5. The van der Waals surface area contributed by atoms with Crippen LogP contribution in [0.2, 0.25) is 0 Å².